The van der Waals surface area contributed by atoms with E-state index in [1.165, 1.54) is 0 Å². The van der Waals surface area contributed by atoms with Crippen LogP contribution in [0.5, 0.6) is 0 Å². The zero-order valence-electron chi connectivity index (χ0n) is 15.9. The third kappa shape index (κ3) is 7.32. The molecule has 0 radical (unpaired) electrons. The average molecular weight is 463 g/mol. The lowest BCUT2D eigenvalue weighted by atomic mass is 10.0. The van der Waals surface area contributed by atoms with Gasteiger partial charge in [0.15, 0.2) is 6.04 Å². The van der Waals surface area contributed by atoms with Crippen LogP contribution in [0.4, 0.5) is 5.69 Å². The molecule has 2 aromatic rings. The molecular formula is C21H23BrN2O5. The quantitative estimate of drug-likeness (QED) is 0.496. The summed E-state index contributed by atoms with van der Waals surface area (Å²) in [6, 6.07) is 14.3. The number of carbonyl (C=O) groups excluding carboxylic acids is 3. The molecule has 2 amide bonds. The molecule has 2 aromatic carbocycles. The van der Waals surface area contributed by atoms with E-state index in [9.17, 15) is 19.5 Å². The molecule has 0 heterocycles. The van der Waals surface area contributed by atoms with Crippen LogP contribution in [0.3, 0.4) is 0 Å². The maximum Gasteiger partial charge on any atom is 0.331 e. The van der Waals surface area contributed by atoms with Crippen LogP contribution in [0.25, 0.3) is 0 Å². The van der Waals surface area contributed by atoms with Crippen LogP contribution < -0.4 is 10.6 Å². The summed E-state index contributed by atoms with van der Waals surface area (Å²) < 4.78 is 5.85. The van der Waals surface area contributed by atoms with Crippen molar-refractivity contribution in [3.8, 4) is 0 Å². The molecule has 29 heavy (non-hydrogen) atoms. The van der Waals surface area contributed by atoms with Gasteiger partial charge in [-0.2, -0.15) is 0 Å². The first kappa shape index (κ1) is 22.6. The number of esters is 1. The van der Waals surface area contributed by atoms with Gasteiger partial charge >= 0.3 is 5.97 Å². The van der Waals surface area contributed by atoms with Gasteiger partial charge in [0, 0.05) is 23.0 Å². The molecular weight excluding hydrogens is 440 g/mol. The fraction of sp³-hybridized carbons (Fsp3) is 0.286. The summed E-state index contributed by atoms with van der Waals surface area (Å²) in [7, 11) is 0. The Morgan fingerprint density at radius 3 is 2.24 bits per heavy atom. The summed E-state index contributed by atoms with van der Waals surface area (Å²) in [5.74, 6) is -1.61. The van der Waals surface area contributed by atoms with Crippen molar-refractivity contribution in [2.75, 3.05) is 11.9 Å². The van der Waals surface area contributed by atoms with Gasteiger partial charge in [0.1, 0.15) is 6.10 Å². The molecule has 0 spiro atoms. The first-order valence-corrected chi connectivity index (χ1v) is 9.94. The Labute approximate surface area is 177 Å². The number of amides is 2. The van der Waals surface area contributed by atoms with E-state index in [0.29, 0.717) is 11.3 Å². The molecule has 0 aliphatic rings. The van der Waals surface area contributed by atoms with Gasteiger partial charge in [-0.3, -0.25) is 9.59 Å². The van der Waals surface area contributed by atoms with Crippen LogP contribution in [0.1, 0.15) is 31.4 Å². The van der Waals surface area contributed by atoms with Crippen molar-refractivity contribution in [2.45, 2.75) is 31.9 Å². The molecule has 0 fully saturated rings. The molecule has 2 atom stereocenters. The Hall–Kier alpha value is -2.71. The Morgan fingerprint density at radius 1 is 1.00 bits per heavy atom. The fourth-order valence-electron chi connectivity index (χ4n) is 2.57. The Balaban J connectivity index is 1.93. The van der Waals surface area contributed by atoms with Crippen LogP contribution in [-0.4, -0.2) is 35.5 Å². The largest absolute Gasteiger partial charge is 0.464 e. The van der Waals surface area contributed by atoms with Crippen molar-refractivity contribution in [1.29, 1.82) is 0 Å². The second kappa shape index (κ2) is 11.3. The Bertz CT molecular complexity index is 827. The number of halogens is 1. The van der Waals surface area contributed by atoms with Gasteiger partial charge in [0.05, 0.1) is 6.61 Å². The zero-order chi connectivity index (χ0) is 21.2. The fourth-order valence-corrected chi connectivity index (χ4v) is 2.84. The lowest BCUT2D eigenvalue weighted by Gasteiger charge is -2.22. The second-order valence-electron chi connectivity index (χ2n) is 6.21. The minimum Gasteiger partial charge on any atom is -0.464 e. The van der Waals surface area contributed by atoms with E-state index in [1.54, 1.807) is 61.5 Å². The third-order valence-corrected chi connectivity index (χ3v) is 4.55. The lowest BCUT2D eigenvalue weighted by molar-refractivity contribution is -0.151. The van der Waals surface area contributed by atoms with Gasteiger partial charge in [0.2, 0.25) is 11.8 Å². The zero-order valence-corrected chi connectivity index (χ0v) is 17.5. The summed E-state index contributed by atoms with van der Waals surface area (Å²) in [4.78, 5) is 36.5. The summed E-state index contributed by atoms with van der Waals surface area (Å²) in [5, 5.41) is 15.7. The van der Waals surface area contributed by atoms with E-state index in [-0.39, 0.29) is 25.4 Å². The van der Waals surface area contributed by atoms with Gasteiger partial charge in [-0.1, -0.05) is 46.3 Å². The number of anilines is 1. The number of carbonyl (C=O) groups is 3. The first-order valence-electron chi connectivity index (χ1n) is 9.15. The molecule has 0 aliphatic carbocycles. The number of hydrogen-bond acceptors (Lipinski definition) is 5. The molecule has 0 unspecified atom stereocenters. The standard InChI is InChI=1S/C21H23BrN2O5/c1-2-29-21(28)19(20(27)14-6-4-3-5-7-14)24-18(26)13-12-17(25)23-16-10-8-15(22)9-11-16/h3-11,19-20,27H,2,12-13H2,1H3,(H,23,25)(H,24,26)/t19-,20+/m0/s1. The van der Waals surface area contributed by atoms with Crippen molar-refractivity contribution in [1.82, 2.24) is 5.32 Å². The number of rotatable bonds is 9. The number of aliphatic hydroxyl groups excluding tert-OH is 1. The third-order valence-electron chi connectivity index (χ3n) is 4.02. The van der Waals surface area contributed by atoms with Gasteiger partial charge in [-0.25, -0.2) is 4.79 Å². The average Bonchev–Trinajstić information content (AvgIpc) is 2.72. The number of nitrogens with one attached hydrogen (secondary N) is 2. The van der Waals surface area contributed by atoms with E-state index in [2.05, 4.69) is 26.6 Å². The molecule has 0 aromatic heterocycles. The summed E-state index contributed by atoms with van der Waals surface area (Å²) in [6.07, 6.45) is -1.48. The topological polar surface area (TPSA) is 105 Å². The molecule has 7 nitrogen and oxygen atoms in total. The minimum atomic E-state index is -1.27. The van der Waals surface area contributed by atoms with Crippen LogP contribution in [-0.2, 0) is 19.1 Å². The van der Waals surface area contributed by atoms with Crippen LogP contribution >= 0.6 is 15.9 Å². The van der Waals surface area contributed by atoms with E-state index in [0.717, 1.165) is 4.47 Å². The maximum atomic E-state index is 12.3. The predicted octanol–water partition coefficient (Wildman–Crippen LogP) is 2.95. The van der Waals surface area contributed by atoms with Crippen molar-refractivity contribution in [3.63, 3.8) is 0 Å². The smallest absolute Gasteiger partial charge is 0.331 e. The normalized spacial score (nSPS) is 12.5. The van der Waals surface area contributed by atoms with Gasteiger partial charge in [-0.15, -0.1) is 0 Å². The molecule has 0 saturated carbocycles. The summed E-state index contributed by atoms with van der Waals surface area (Å²) in [5.41, 5.74) is 1.08. The SMILES string of the molecule is CCOC(=O)[C@@H](NC(=O)CCC(=O)Nc1ccc(Br)cc1)[C@H](O)c1ccccc1. The Morgan fingerprint density at radius 2 is 1.62 bits per heavy atom. The highest BCUT2D eigenvalue weighted by atomic mass is 79.9. The van der Waals surface area contributed by atoms with E-state index in [4.69, 9.17) is 4.74 Å². The predicted molar refractivity (Wildman–Crippen MR) is 112 cm³/mol. The highest BCUT2D eigenvalue weighted by molar-refractivity contribution is 9.10. The second-order valence-corrected chi connectivity index (χ2v) is 7.12. The van der Waals surface area contributed by atoms with E-state index in [1.807, 2.05) is 0 Å². The Kier molecular flexibility index (Phi) is 8.82. The number of hydrogen-bond donors (Lipinski definition) is 3. The molecule has 0 bridgehead atoms. The van der Waals surface area contributed by atoms with Crippen molar-refractivity contribution < 1.29 is 24.2 Å². The van der Waals surface area contributed by atoms with Gasteiger partial charge in [-0.05, 0) is 36.8 Å². The number of benzene rings is 2. The van der Waals surface area contributed by atoms with Crippen molar-refractivity contribution in [2.24, 2.45) is 0 Å². The highest BCUT2D eigenvalue weighted by Crippen LogP contribution is 2.18. The van der Waals surface area contributed by atoms with E-state index >= 15 is 0 Å². The van der Waals surface area contributed by atoms with E-state index < -0.39 is 24.0 Å². The van der Waals surface area contributed by atoms with Crippen LogP contribution in [0.15, 0.2) is 59.1 Å². The minimum absolute atomic E-state index is 0.0706. The summed E-state index contributed by atoms with van der Waals surface area (Å²) in [6.45, 7) is 1.75. The van der Waals surface area contributed by atoms with Crippen LogP contribution in [0, 0.1) is 0 Å². The summed E-state index contributed by atoms with van der Waals surface area (Å²) >= 11 is 3.31. The molecule has 3 N–H and O–H groups in total. The van der Waals surface area contributed by atoms with Crippen LogP contribution in [0.2, 0.25) is 0 Å². The molecule has 2 rings (SSSR count). The molecule has 154 valence electrons. The molecule has 0 saturated heterocycles. The monoisotopic (exact) mass is 462 g/mol. The molecule has 8 heteroatoms. The first-order chi connectivity index (χ1) is 13.9. The lowest BCUT2D eigenvalue weighted by Crippen LogP contribution is -2.46. The highest BCUT2D eigenvalue weighted by Gasteiger charge is 2.31. The maximum absolute atomic E-state index is 12.3. The van der Waals surface area contributed by atoms with Gasteiger partial charge in [0.25, 0.3) is 0 Å². The number of ether oxygens (including phenoxy) is 1. The van der Waals surface area contributed by atoms with Crippen molar-refractivity contribution in [3.05, 3.63) is 64.6 Å². The van der Waals surface area contributed by atoms with Crippen molar-refractivity contribution >= 4 is 39.4 Å². The molecule has 0 aliphatic heterocycles. The van der Waals surface area contributed by atoms with Gasteiger partial charge < -0.3 is 20.5 Å². The number of aliphatic hydroxyl groups is 1.